The third kappa shape index (κ3) is 5.05. The highest BCUT2D eigenvalue weighted by Gasteiger charge is 2.33. The Morgan fingerprint density at radius 3 is 2.52 bits per heavy atom. The molecule has 0 spiro atoms. The second kappa shape index (κ2) is 8.52. The predicted molar refractivity (Wildman–Crippen MR) is 110 cm³/mol. The van der Waals surface area contributed by atoms with E-state index in [0.717, 1.165) is 10.9 Å². The Morgan fingerprint density at radius 2 is 1.79 bits per heavy atom. The van der Waals surface area contributed by atoms with Crippen LogP contribution < -0.4 is 5.32 Å². The number of para-hydroxylation sites is 1. The molecular formula is C23H22F3N3. The molecule has 6 heteroatoms. The van der Waals surface area contributed by atoms with Crippen molar-refractivity contribution in [2.24, 2.45) is 0 Å². The van der Waals surface area contributed by atoms with Crippen molar-refractivity contribution in [1.82, 2.24) is 9.97 Å². The van der Waals surface area contributed by atoms with Gasteiger partial charge in [-0.1, -0.05) is 43.9 Å². The van der Waals surface area contributed by atoms with Gasteiger partial charge in [0.15, 0.2) is 0 Å². The molecule has 29 heavy (non-hydrogen) atoms. The van der Waals surface area contributed by atoms with E-state index in [9.17, 15) is 13.2 Å². The summed E-state index contributed by atoms with van der Waals surface area (Å²) in [4.78, 5) is 8.48. The zero-order valence-electron chi connectivity index (χ0n) is 16.5. The first-order valence-corrected chi connectivity index (χ1v) is 9.42. The van der Waals surface area contributed by atoms with Crippen molar-refractivity contribution in [3.8, 4) is 11.8 Å². The number of nitrogens with one attached hydrogen (secondary N) is 1. The van der Waals surface area contributed by atoms with Gasteiger partial charge in [0.2, 0.25) is 0 Å². The van der Waals surface area contributed by atoms with Crippen LogP contribution in [-0.4, -0.2) is 16.0 Å². The van der Waals surface area contributed by atoms with E-state index in [2.05, 4.69) is 27.1 Å². The number of nitrogens with zero attached hydrogens (tertiary/aromatic N) is 2. The molecule has 3 rings (SSSR count). The summed E-state index contributed by atoms with van der Waals surface area (Å²) in [6, 6.07) is 11.9. The van der Waals surface area contributed by atoms with Gasteiger partial charge in [0.1, 0.15) is 12.1 Å². The van der Waals surface area contributed by atoms with Gasteiger partial charge in [-0.15, -0.1) is 0 Å². The Kier molecular flexibility index (Phi) is 6.07. The van der Waals surface area contributed by atoms with Gasteiger partial charge in [-0.25, -0.2) is 9.97 Å². The number of rotatable bonds is 4. The van der Waals surface area contributed by atoms with Crippen molar-refractivity contribution in [1.29, 1.82) is 0 Å². The maximum Gasteiger partial charge on any atom is 0.417 e. The largest absolute Gasteiger partial charge is 0.417 e. The summed E-state index contributed by atoms with van der Waals surface area (Å²) in [5.41, 5.74) is 0.789. The highest BCUT2D eigenvalue weighted by Crippen LogP contribution is 2.33. The summed E-state index contributed by atoms with van der Waals surface area (Å²) in [5, 5.41) is 4.15. The Balaban J connectivity index is 1.77. The fourth-order valence-electron chi connectivity index (χ4n) is 2.97. The van der Waals surface area contributed by atoms with Gasteiger partial charge in [-0.3, -0.25) is 0 Å². The average molecular weight is 397 g/mol. The van der Waals surface area contributed by atoms with E-state index in [1.54, 1.807) is 6.07 Å². The van der Waals surface area contributed by atoms with Crippen LogP contribution in [0.3, 0.4) is 0 Å². The van der Waals surface area contributed by atoms with Crippen LogP contribution in [-0.2, 0) is 6.18 Å². The molecule has 1 atom stereocenters. The van der Waals surface area contributed by atoms with Crippen LogP contribution in [0.5, 0.6) is 0 Å². The highest BCUT2D eigenvalue weighted by molar-refractivity contribution is 5.88. The van der Waals surface area contributed by atoms with Gasteiger partial charge < -0.3 is 5.32 Å². The zero-order chi connectivity index (χ0) is 21.0. The number of halogens is 3. The van der Waals surface area contributed by atoms with E-state index in [1.807, 2.05) is 45.0 Å². The Morgan fingerprint density at radius 1 is 1.03 bits per heavy atom. The first kappa shape index (κ1) is 20.7. The summed E-state index contributed by atoms with van der Waals surface area (Å²) < 4.78 is 40.3. The van der Waals surface area contributed by atoms with Crippen LogP contribution >= 0.6 is 0 Å². The number of fused-ring (bicyclic) bond motifs is 1. The molecule has 0 bridgehead atoms. The topological polar surface area (TPSA) is 37.8 Å². The minimum atomic E-state index is -4.43. The van der Waals surface area contributed by atoms with Crippen LogP contribution in [0.25, 0.3) is 10.9 Å². The smallest absolute Gasteiger partial charge is 0.366 e. The molecule has 0 amide bonds. The van der Waals surface area contributed by atoms with E-state index in [0.29, 0.717) is 17.8 Å². The first-order valence-electron chi connectivity index (χ1n) is 9.42. The van der Waals surface area contributed by atoms with Crippen molar-refractivity contribution in [2.45, 2.75) is 45.3 Å². The van der Waals surface area contributed by atoms with Crippen LogP contribution in [0, 0.1) is 11.8 Å². The van der Waals surface area contributed by atoms with Gasteiger partial charge in [0, 0.05) is 23.4 Å². The molecule has 150 valence electrons. The highest BCUT2D eigenvalue weighted by atomic mass is 19.4. The molecule has 0 radical (unpaired) electrons. The normalized spacial score (nSPS) is 12.5. The lowest BCUT2D eigenvalue weighted by molar-refractivity contribution is -0.137. The quantitative estimate of drug-likeness (QED) is 0.548. The van der Waals surface area contributed by atoms with Crippen LogP contribution in [0.15, 0.2) is 48.8 Å². The summed E-state index contributed by atoms with van der Waals surface area (Å²) in [6.45, 7) is 5.65. The van der Waals surface area contributed by atoms with Crippen molar-refractivity contribution < 1.29 is 13.2 Å². The SMILES string of the molecule is CC(CC#Cc1ccc(C(C)C)cc1C(F)(F)F)Nc1ncnc2ccccc12. The molecule has 0 saturated carbocycles. The number of hydrogen-bond donors (Lipinski definition) is 1. The van der Waals surface area contributed by atoms with Gasteiger partial charge >= 0.3 is 6.18 Å². The molecule has 1 aromatic heterocycles. The Hall–Kier alpha value is -3.07. The molecule has 1 unspecified atom stereocenters. The molecule has 1 N–H and O–H groups in total. The van der Waals surface area contributed by atoms with Crippen molar-refractivity contribution >= 4 is 16.7 Å². The van der Waals surface area contributed by atoms with Crippen molar-refractivity contribution in [3.63, 3.8) is 0 Å². The minimum absolute atomic E-state index is 0.00147. The molecular weight excluding hydrogens is 375 g/mol. The maximum atomic E-state index is 13.4. The lowest BCUT2D eigenvalue weighted by Crippen LogP contribution is -2.15. The fraction of sp³-hybridized carbons (Fsp3) is 0.304. The van der Waals surface area contributed by atoms with E-state index in [4.69, 9.17) is 0 Å². The number of benzene rings is 2. The number of aromatic nitrogens is 2. The first-order chi connectivity index (χ1) is 13.8. The summed E-state index contributed by atoms with van der Waals surface area (Å²) >= 11 is 0. The Bertz CT molecular complexity index is 1060. The molecule has 0 aliphatic carbocycles. The zero-order valence-corrected chi connectivity index (χ0v) is 16.5. The number of alkyl halides is 3. The van der Waals surface area contributed by atoms with Crippen LogP contribution in [0.4, 0.5) is 19.0 Å². The molecule has 3 aromatic rings. The van der Waals surface area contributed by atoms with E-state index >= 15 is 0 Å². The summed E-state index contributed by atoms with van der Waals surface area (Å²) in [6.07, 6.45) is -2.57. The van der Waals surface area contributed by atoms with Crippen molar-refractivity contribution in [3.05, 3.63) is 65.5 Å². The maximum absolute atomic E-state index is 13.4. The second-order valence-corrected chi connectivity index (χ2v) is 7.25. The third-order valence-electron chi connectivity index (χ3n) is 4.57. The van der Waals surface area contributed by atoms with E-state index in [1.165, 1.54) is 18.5 Å². The number of hydrogen-bond acceptors (Lipinski definition) is 3. The molecule has 0 aliphatic rings. The predicted octanol–water partition coefficient (Wildman–Crippen LogP) is 6.01. The molecule has 1 heterocycles. The second-order valence-electron chi connectivity index (χ2n) is 7.25. The molecule has 2 aromatic carbocycles. The molecule has 0 aliphatic heterocycles. The van der Waals surface area contributed by atoms with E-state index in [-0.39, 0.29) is 17.5 Å². The molecule has 0 saturated heterocycles. The number of anilines is 1. The summed E-state index contributed by atoms with van der Waals surface area (Å²) in [5.74, 6) is 6.27. The van der Waals surface area contributed by atoms with Crippen LogP contribution in [0.1, 0.15) is 49.8 Å². The molecule has 3 nitrogen and oxygen atoms in total. The van der Waals surface area contributed by atoms with Crippen LogP contribution in [0.2, 0.25) is 0 Å². The Labute approximate surface area is 168 Å². The van der Waals surface area contributed by atoms with Gasteiger partial charge in [0.25, 0.3) is 0 Å². The van der Waals surface area contributed by atoms with Crippen molar-refractivity contribution in [2.75, 3.05) is 5.32 Å². The lowest BCUT2D eigenvalue weighted by atomic mass is 9.97. The standard InChI is InChI=1S/C23H22F3N3/c1-15(2)18-12-11-17(20(13-18)23(24,25)26)8-6-7-16(3)29-22-19-9-4-5-10-21(19)27-14-28-22/h4-5,9-16H,7H2,1-3H3,(H,27,28,29). The van der Waals surface area contributed by atoms with Gasteiger partial charge in [-0.2, -0.15) is 13.2 Å². The van der Waals surface area contributed by atoms with Gasteiger partial charge in [0.05, 0.1) is 11.1 Å². The lowest BCUT2D eigenvalue weighted by Gasteiger charge is -2.14. The van der Waals surface area contributed by atoms with Gasteiger partial charge in [-0.05, 0) is 42.7 Å². The molecule has 0 fully saturated rings. The minimum Gasteiger partial charge on any atom is -0.366 e. The average Bonchev–Trinajstić information content (AvgIpc) is 2.67. The fourth-order valence-corrected chi connectivity index (χ4v) is 2.97. The summed E-state index contributed by atoms with van der Waals surface area (Å²) in [7, 11) is 0. The third-order valence-corrected chi connectivity index (χ3v) is 4.57. The monoisotopic (exact) mass is 397 g/mol. The van der Waals surface area contributed by atoms with E-state index < -0.39 is 11.7 Å².